The van der Waals surface area contributed by atoms with Gasteiger partial charge in [-0.15, -0.1) is 0 Å². The van der Waals surface area contributed by atoms with Gasteiger partial charge in [-0.05, 0) is 42.3 Å². The molecule has 1 aliphatic heterocycles. The maximum Gasteiger partial charge on any atom is 0.331 e. The zero-order chi connectivity index (χ0) is 25.1. The molecule has 0 radical (unpaired) electrons. The van der Waals surface area contributed by atoms with E-state index in [1.54, 1.807) is 19.2 Å². The molecule has 5 aromatic rings. The van der Waals surface area contributed by atoms with Gasteiger partial charge in [-0.3, -0.25) is 13.9 Å². The number of benzene rings is 3. The monoisotopic (exact) mass is 474 g/mol. The lowest BCUT2D eigenvalue weighted by molar-refractivity contribution is 0.229. The van der Waals surface area contributed by atoms with Crippen LogP contribution in [0.3, 0.4) is 0 Å². The highest BCUT2D eigenvalue weighted by Gasteiger charge is 2.36. The maximum absolute atomic E-state index is 13.7. The highest BCUT2D eigenvalue weighted by atomic mass is 16.5. The second-order valence-corrected chi connectivity index (χ2v) is 9.06. The molecule has 0 bridgehead atoms. The van der Waals surface area contributed by atoms with E-state index in [0.29, 0.717) is 33.6 Å². The van der Waals surface area contributed by atoms with Gasteiger partial charge in [-0.25, -0.2) is 4.79 Å². The fourth-order valence-corrected chi connectivity index (χ4v) is 5.05. The molecule has 7 heteroatoms. The van der Waals surface area contributed by atoms with Crippen molar-refractivity contribution in [3.8, 4) is 28.8 Å². The van der Waals surface area contributed by atoms with Crippen molar-refractivity contribution in [3.63, 3.8) is 0 Å². The van der Waals surface area contributed by atoms with Crippen LogP contribution in [0.1, 0.15) is 28.5 Å². The van der Waals surface area contributed by atoms with Gasteiger partial charge >= 0.3 is 5.69 Å². The molecule has 0 saturated heterocycles. The van der Waals surface area contributed by atoms with Crippen LogP contribution in [0.15, 0.2) is 82.4 Å². The van der Waals surface area contributed by atoms with Crippen LogP contribution in [-0.2, 0) is 14.1 Å². The Kier molecular flexibility index (Phi) is 4.73. The van der Waals surface area contributed by atoms with E-state index in [-0.39, 0.29) is 5.56 Å². The predicted octanol–water partition coefficient (Wildman–Crippen LogP) is 4.36. The average molecular weight is 475 g/mol. The van der Waals surface area contributed by atoms with Crippen LogP contribution >= 0.6 is 0 Å². The van der Waals surface area contributed by atoms with E-state index in [2.05, 4.69) is 10.6 Å². The first kappa shape index (κ1) is 21.7. The maximum atomic E-state index is 13.7. The lowest BCUT2D eigenvalue weighted by atomic mass is 10.0. The highest BCUT2D eigenvalue weighted by molar-refractivity contribution is 5.98. The molecule has 1 unspecified atom stereocenters. The number of ether oxygens (including phenoxy) is 1. The van der Waals surface area contributed by atoms with Crippen molar-refractivity contribution >= 4 is 10.9 Å². The first-order valence-electron chi connectivity index (χ1n) is 11.6. The number of aromatic nitrogens is 3. The minimum atomic E-state index is -0.605. The molecule has 2 aromatic heterocycles. The Hall–Kier alpha value is -4.83. The smallest absolute Gasteiger partial charge is 0.331 e. The molecule has 6 rings (SSSR count). The Morgan fingerprint density at radius 2 is 1.58 bits per heavy atom. The van der Waals surface area contributed by atoms with Crippen molar-refractivity contribution in [2.24, 2.45) is 14.1 Å². The van der Waals surface area contributed by atoms with Crippen LogP contribution in [0.5, 0.6) is 5.75 Å². The van der Waals surface area contributed by atoms with Gasteiger partial charge in [-0.2, -0.15) is 5.26 Å². The van der Waals surface area contributed by atoms with E-state index in [4.69, 9.17) is 4.74 Å². The van der Waals surface area contributed by atoms with Crippen LogP contribution in [-0.4, -0.2) is 13.7 Å². The third kappa shape index (κ3) is 2.98. The van der Waals surface area contributed by atoms with E-state index < -0.39 is 11.8 Å². The molecule has 0 aliphatic carbocycles. The lowest BCUT2D eigenvalue weighted by Gasteiger charge is -2.30. The summed E-state index contributed by atoms with van der Waals surface area (Å²) in [6, 6.07) is 25.0. The molecule has 0 spiro atoms. The van der Waals surface area contributed by atoms with Gasteiger partial charge in [-0.1, -0.05) is 54.1 Å². The molecule has 0 amide bonds. The zero-order valence-electron chi connectivity index (χ0n) is 20.0. The Labute approximate surface area is 206 Å². The molecule has 0 N–H and O–H groups in total. The Morgan fingerprint density at radius 3 is 2.28 bits per heavy atom. The van der Waals surface area contributed by atoms with Gasteiger partial charge in [0.2, 0.25) is 0 Å². The number of nitriles is 1. The van der Waals surface area contributed by atoms with E-state index >= 15 is 0 Å². The van der Waals surface area contributed by atoms with Crippen LogP contribution in [0.25, 0.3) is 27.8 Å². The highest BCUT2D eigenvalue weighted by Crippen LogP contribution is 2.46. The Morgan fingerprint density at radius 1 is 0.889 bits per heavy atom. The Bertz CT molecular complexity index is 1830. The summed E-state index contributed by atoms with van der Waals surface area (Å²) >= 11 is 0. The lowest BCUT2D eigenvalue weighted by Crippen LogP contribution is -2.37. The molecule has 3 aromatic carbocycles. The summed E-state index contributed by atoms with van der Waals surface area (Å²) in [6.07, 6.45) is -0.605. The average Bonchev–Trinajstić information content (AvgIpc) is 3.27. The molecule has 1 atom stereocenters. The number of hydrogen-bond acceptors (Lipinski definition) is 4. The van der Waals surface area contributed by atoms with E-state index in [1.165, 1.54) is 11.6 Å². The normalized spacial score (nSPS) is 14.1. The summed E-state index contributed by atoms with van der Waals surface area (Å²) in [4.78, 5) is 26.8. The number of nitrogens with zero attached hydrogens (tertiary/aromatic N) is 4. The van der Waals surface area contributed by atoms with Gasteiger partial charge < -0.3 is 9.30 Å². The van der Waals surface area contributed by atoms with Crippen molar-refractivity contribution in [1.82, 2.24) is 13.7 Å². The molecule has 3 heterocycles. The summed E-state index contributed by atoms with van der Waals surface area (Å²) in [7, 11) is 3.18. The molecule has 0 saturated carbocycles. The van der Waals surface area contributed by atoms with E-state index in [0.717, 1.165) is 26.9 Å². The largest absolute Gasteiger partial charge is 0.477 e. The second-order valence-electron chi connectivity index (χ2n) is 9.06. The van der Waals surface area contributed by atoms with Crippen LogP contribution in [0, 0.1) is 18.3 Å². The SMILES string of the molecule is Cc1ccc(-c2c3c(=O)n(C)c(=O)n(C)c3c3n2-c2ccccc2OC3c2ccc(C#N)cc2)cc1. The van der Waals surface area contributed by atoms with Gasteiger partial charge in [0.05, 0.1) is 39.6 Å². The number of fused-ring (bicyclic) bond motifs is 5. The third-order valence-electron chi connectivity index (χ3n) is 6.88. The van der Waals surface area contributed by atoms with E-state index in [1.807, 2.05) is 67.6 Å². The second kappa shape index (κ2) is 7.85. The van der Waals surface area contributed by atoms with Crippen molar-refractivity contribution in [3.05, 3.63) is 116 Å². The minimum Gasteiger partial charge on any atom is -0.477 e. The predicted molar refractivity (Wildman–Crippen MR) is 138 cm³/mol. The fraction of sp³-hybridized carbons (Fsp3) is 0.138. The van der Waals surface area contributed by atoms with Crippen molar-refractivity contribution in [1.29, 1.82) is 5.26 Å². The van der Waals surface area contributed by atoms with Crippen LogP contribution < -0.4 is 16.0 Å². The van der Waals surface area contributed by atoms with Crippen molar-refractivity contribution < 1.29 is 4.74 Å². The summed E-state index contributed by atoms with van der Waals surface area (Å²) in [5, 5.41) is 9.74. The van der Waals surface area contributed by atoms with E-state index in [9.17, 15) is 14.9 Å². The molecular weight excluding hydrogens is 452 g/mol. The fourth-order valence-electron chi connectivity index (χ4n) is 5.05. The molecule has 1 aliphatic rings. The minimum absolute atomic E-state index is 0.360. The number of rotatable bonds is 2. The van der Waals surface area contributed by atoms with Crippen LogP contribution in [0.4, 0.5) is 0 Å². The number of para-hydroxylation sites is 2. The molecule has 0 fully saturated rings. The molecule has 36 heavy (non-hydrogen) atoms. The number of aryl methyl sites for hydroxylation is 2. The molecule has 7 nitrogen and oxygen atoms in total. The van der Waals surface area contributed by atoms with Crippen molar-refractivity contribution in [2.75, 3.05) is 0 Å². The Balaban J connectivity index is 1.83. The summed E-state index contributed by atoms with van der Waals surface area (Å²) in [6.45, 7) is 2.02. The first-order valence-corrected chi connectivity index (χ1v) is 11.6. The first-order chi connectivity index (χ1) is 17.4. The topological polar surface area (TPSA) is 81.9 Å². The number of hydrogen-bond donors (Lipinski definition) is 0. The standard InChI is InChI=1S/C29H22N4O3/c1-17-8-12-19(13-9-17)24-23-25(31(2)29(35)32(3)28(23)34)26-27(20-14-10-18(16-30)11-15-20)36-22-7-5-4-6-21(22)33(24)26/h4-15,27H,1-3H3. The van der Waals surface area contributed by atoms with Gasteiger partial charge in [0.15, 0.2) is 6.10 Å². The zero-order valence-corrected chi connectivity index (χ0v) is 20.0. The van der Waals surface area contributed by atoms with Gasteiger partial charge in [0.25, 0.3) is 5.56 Å². The summed E-state index contributed by atoms with van der Waals surface area (Å²) in [5.41, 5.74) is 5.28. The molecular formula is C29H22N4O3. The van der Waals surface area contributed by atoms with Gasteiger partial charge in [0.1, 0.15) is 5.75 Å². The van der Waals surface area contributed by atoms with Crippen LogP contribution in [0.2, 0.25) is 0 Å². The summed E-state index contributed by atoms with van der Waals surface area (Å²) < 4.78 is 11.3. The third-order valence-corrected chi connectivity index (χ3v) is 6.88. The quantitative estimate of drug-likeness (QED) is 0.381. The van der Waals surface area contributed by atoms with Gasteiger partial charge in [0, 0.05) is 14.1 Å². The van der Waals surface area contributed by atoms with Crippen molar-refractivity contribution in [2.45, 2.75) is 13.0 Å². The molecule has 176 valence electrons. The summed E-state index contributed by atoms with van der Waals surface area (Å²) in [5.74, 6) is 0.662.